The van der Waals surface area contributed by atoms with Gasteiger partial charge in [-0.05, 0) is 115 Å². The van der Waals surface area contributed by atoms with E-state index in [1.807, 2.05) is 39.0 Å². The van der Waals surface area contributed by atoms with Gasteiger partial charge in [-0.1, -0.05) is 18.1 Å². The summed E-state index contributed by atoms with van der Waals surface area (Å²) in [4.78, 5) is 128. The minimum Gasteiger partial charge on any atom is -0.494 e. The Hall–Kier alpha value is -6.86. The third-order valence-electron chi connectivity index (χ3n) is 16.1. The average molecular weight is 1430 g/mol. The van der Waals surface area contributed by atoms with Crippen molar-refractivity contribution in [3.8, 4) is 18.1 Å². The summed E-state index contributed by atoms with van der Waals surface area (Å²) in [6, 6.07) is 12.6. The van der Waals surface area contributed by atoms with Crippen molar-refractivity contribution in [3.05, 3.63) is 69.4 Å². The third kappa shape index (κ3) is 27.2. The number of nitrogens with zero attached hydrogens (tertiary/aromatic N) is 7. The predicted octanol–water partition coefficient (Wildman–Crippen LogP) is 1.64. The number of piperidine rings is 1. The zero-order valence-corrected chi connectivity index (χ0v) is 55.2. The number of pyridine rings is 1. The average Bonchev–Trinajstić information content (AvgIpc) is 1.80. The highest BCUT2D eigenvalue weighted by Gasteiger charge is 2.46. The van der Waals surface area contributed by atoms with Crippen LogP contribution in [0, 0.1) is 21.8 Å². The minimum absolute atomic E-state index is 0.0208. The van der Waals surface area contributed by atoms with Crippen molar-refractivity contribution in [2.75, 3.05) is 150 Å². The van der Waals surface area contributed by atoms with Crippen LogP contribution in [0.4, 0.5) is 8.78 Å². The lowest BCUT2D eigenvalue weighted by atomic mass is 9.92. The van der Waals surface area contributed by atoms with Gasteiger partial charge in [-0.3, -0.25) is 67.7 Å². The monoisotopic (exact) mass is 1430 g/mol. The molecule has 3 atom stereocenters. The fourth-order valence-corrected chi connectivity index (χ4v) is 12.1. The number of carboxylic acid groups (broad SMARTS) is 1. The topological polar surface area (TPSA) is 311 Å². The highest BCUT2D eigenvalue weighted by Crippen LogP contribution is 2.32. The van der Waals surface area contributed by atoms with E-state index in [9.17, 15) is 62.1 Å². The number of likely N-dealkylation sites (tertiary alicyclic amines) is 2. The van der Waals surface area contributed by atoms with Crippen molar-refractivity contribution in [1.29, 1.82) is 0 Å². The number of halogens is 3. The maximum Gasteiger partial charge on any atom is 0.317 e. The van der Waals surface area contributed by atoms with Crippen LogP contribution in [-0.2, 0) is 59.0 Å². The Morgan fingerprint density at radius 3 is 2.13 bits per heavy atom. The molecule has 3 fully saturated rings. The molecule has 6 amide bonds. The molecule has 2 aromatic carbocycles. The number of fused-ring (bicyclic) bond motifs is 1. The SMILES string of the molecule is C#C[C@H]1CC(F)(F)CN1C(=O)CNC(=O)c1ccnc2ccc(OCCCC3CCN(C(=O)[C@H](O)CSCCNC(=O)C(CCOCCNC(=O)CCCc4ccc(I)cc4)NC(=O)CN4CCN(COC=O)CCN(COC=O)CCN(CC(=O)O)CC4)CC3)cc12. The number of hydrogen-bond acceptors (Lipinski definition) is 20. The van der Waals surface area contributed by atoms with Crippen LogP contribution in [0.5, 0.6) is 5.75 Å². The Bertz CT molecular complexity index is 2970. The van der Waals surface area contributed by atoms with Gasteiger partial charge in [0.1, 0.15) is 31.4 Å². The van der Waals surface area contributed by atoms with Crippen molar-refractivity contribution in [2.24, 2.45) is 5.92 Å². The van der Waals surface area contributed by atoms with Crippen LogP contribution in [0.15, 0.2) is 54.7 Å². The van der Waals surface area contributed by atoms with Crippen molar-refractivity contribution < 1.29 is 81.1 Å². The third-order valence-corrected chi connectivity index (χ3v) is 17.8. The highest BCUT2D eigenvalue weighted by molar-refractivity contribution is 14.1. The number of ether oxygens (including phenoxy) is 4. The molecular formula is C63H86F2IN11O15S. The molecule has 1 aromatic heterocycles. The number of aryl methyl sites for hydroxylation is 1. The van der Waals surface area contributed by atoms with E-state index in [-0.39, 0.29) is 95.5 Å². The quantitative estimate of drug-likeness (QED) is 0.0209. The van der Waals surface area contributed by atoms with Gasteiger partial charge in [0.2, 0.25) is 23.6 Å². The summed E-state index contributed by atoms with van der Waals surface area (Å²) in [5.74, 6) is -3.47. The number of aliphatic hydroxyl groups excluding tert-OH is 1. The van der Waals surface area contributed by atoms with Gasteiger partial charge in [0, 0.05) is 125 Å². The van der Waals surface area contributed by atoms with Crippen LogP contribution in [0.3, 0.4) is 0 Å². The van der Waals surface area contributed by atoms with Gasteiger partial charge in [0.25, 0.3) is 30.7 Å². The summed E-state index contributed by atoms with van der Waals surface area (Å²) in [5, 5.41) is 32.2. The molecule has 1 unspecified atom stereocenters. The number of aromatic nitrogens is 1. The first-order valence-corrected chi connectivity index (χ1v) is 33.4. The fourth-order valence-electron chi connectivity index (χ4n) is 10.9. The van der Waals surface area contributed by atoms with Gasteiger partial charge in [-0.15, -0.1) is 6.42 Å². The van der Waals surface area contributed by atoms with E-state index >= 15 is 0 Å². The fraction of sp³-hybridized carbons (Fsp3) is 0.587. The molecule has 0 spiro atoms. The number of carboxylic acids is 1. The molecule has 0 radical (unpaired) electrons. The van der Waals surface area contributed by atoms with Gasteiger partial charge >= 0.3 is 5.97 Å². The van der Waals surface area contributed by atoms with Gasteiger partial charge in [-0.25, -0.2) is 8.78 Å². The number of carbonyl (C=O) groups is 9. The molecule has 510 valence electrons. The second-order valence-corrected chi connectivity index (χ2v) is 25.3. The molecule has 3 saturated heterocycles. The summed E-state index contributed by atoms with van der Waals surface area (Å²) in [5.41, 5.74) is 1.88. The van der Waals surface area contributed by atoms with Gasteiger partial charge in [-0.2, -0.15) is 11.8 Å². The number of aliphatic hydroxyl groups is 1. The number of amides is 6. The summed E-state index contributed by atoms with van der Waals surface area (Å²) in [6.07, 6.45) is 9.80. The van der Waals surface area contributed by atoms with Crippen molar-refractivity contribution in [1.82, 2.24) is 55.7 Å². The molecule has 4 heterocycles. The van der Waals surface area contributed by atoms with Crippen molar-refractivity contribution in [2.45, 2.75) is 81.9 Å². The zero-order valence-electron chi connectivity index (χ0n) is 52.2. The Balaban J connectivity index is 0.930. The summed E-state index contributed by atoms with van der Waals surface area (Å²) in [7, 11) is 0. The first kappa shape index (κ1) is 75.2. The van der Waals surface area contributed by atoms with E-state index in [0.29, 0.717) is 119 Å². The number of nitrogens with one attached hydrogen (secondary N) is 4. The second kappa shape index (κ2) is 40.4. The summed E-state index contributed by atoms with van der Waals surface area (Å²) >= 11 is 3.53. The molecule has 0 saturated carbocycles. The molecule has 30 heteroatoms. The molecule has 0 bridgehead atoms. The summed E-state index contributed by atoms with van der Waals surface area (Å²) < 4.78 is 51.0. The Kier molecular flexibility index (Phi) is 32.7. The van der Waals surface area contributed by atoms with Crippen molar-refractivity contribution >= 4 is 99.6 Å². The smallest absolute Gasteiger partial charge is 0.317 e. The van der Waals surface area contributed by atoms with Gasteiger partial charge in [0.05, 0.1) is 56.5 Å². The van der Waals surface area contributed by atoms with Crippen LogP contribution >= 0.6 is 34.4 Å². The largest absolute Gasteiger partial charge is 0.494 e. The number of rotatable bonds is 36. The number of thioether (sulfide) groups is 1. The molecule has 0 aliphatic carbocycles. The second-order valence-electron chi connectivity index (χ2n) is 22.9. The highest BCUT2D eigenvalue weighted by atomic mass is 127. The molecule has 6 N–H and O–H groups in total. The van der Waals surface area contributed by atoms with Crippen LogP contribution < -0.4 is 26.0 Å². The molecule has 6 rings (SSSR count). The van der Waals surface area contributed by atoms with Crippen LogP contribution in [0.2, 0.25) is 0 Å². The van der Waals surface area contributed by atoms with Crippen LogP contribution in [0.1, 0.15) is 67.3 Å². The number of aliphatic carboxylic acids is 1. The summed E-state index contributed by atoms with van der Waals surface area (Å²) in [6.45, 7) is 3.34. The number of alkyl halides is 2. The Labute approximate surface area is 558 Å². The van der Waals surface area contributed by atoms with Crippen LogP contribution in [0.25, 0.3) is 10.9 Å². The Morgan fingerprint density at radius 1 is 0.806 bits per heavy atom. The van der Waals surface area contributed by atoms with E-state index in [4.69, 9.17) is 25.4 Å². The van der Waals surface area contributed by atoms with E-state index < -0.39 is 73.2 Å². The first-order valence-electron chi connectivity index (χ1n) is 31.2. The molecule has 26 nitrogen and oxygen atoms in total. The normalized spacial score (nSPS) is 17.8. The molecule has 3 aromatic rings. The lowest BCUT2D eigenvalue weighted by Gasteiger charge is -2.33. The maximum atomic E-state index is 14.0. The Morgan fingerprint density at radius 2 is 1.47 bits per heavy atom. The predicted molar refractivity (Wildman–Crippen MR) is 349 cm³/mol. The van der Waals surface area contributed by atoms with Gasteiger partial charge in [0.15, 0.2) is 0 Å². The minimum atomic E-state index is -3.10. The molecule has 93 heavy (non-hydrogen) atoms. The van der Waals surface area contributed by atoms with E-state index in [1.165, 1.54) is 24.0 Å². The lowest BCUT2D eigenvalue weighted by Crippen LogP contribution is -2.52. The standard InChI is InChI=1S/C63H86F2IN11O15S/c1-2-49-36-63(64,65)41-77(49)58(83)37-70-60(86)51-14-18-67-53-13-12-50(35-52(51)53)92-31-4-6-47-15-21-76(22-16-47)62(88)55(80)40-93-34-20-69-61(87)54(17-32-89-33-19-68-56(81)7-3-5-46-8-10-48(66)11-9-46)71-57(82)38-72-23-24-73(39-59(84)85)26-28-75(43-91-45-79)30-29-74(27-25-72)42-90-44-78/h1,8-14,18,35,44-45,47,49,54-55,80H,3-7,15-17,19-34,36-43H2,(H,68,81)(H,69,87)(H,70,86)(H,71,82)(H,84,85)/t49-,54?,55+/m0/s1. The van der Waals surface area contributed by atoms with Crippen LogP contribution in [-0.4, -0.2) is 273 Å². The number of carbonyl (C=O) groups excluding carboxylic acids is 8. The van der Waals surface area contributed by atoms with Crippen molar-refractivity contribution in [3.63, 3.8) is 0 Å². The number of hydrogen-bond donors (Lipinski definition) is 6. The molecular weight excluding hydrogens is 1350 g/mol. The molecule has 3 aliphatic rings. The first-order chi connectivity index (χ1) is 44.8. The van der Waals surface area contributed by atoms with Gasteiger partial charge < -0.3 is 60.2 Å². The lowest BCUT2D eigenvalue weighted by molar-refractivity contribution is -0.140. The maximum absolute atomic E-state index is 14.0. The zero-order chi connectivity index (χ0) is 67.0. The van der Waals surface area contributed by atoms with E-state index in [1.54, 1.807) is 28.0 Å². The molecule has 3 aliphatic heterocycles. The van der Waals surface area contributed by atoms with E-state index in [0.717, 1.165) is 39.7 Å². The van der Waals surface area contributed by atoms with E-state index in [2.05, 4.69) is 54.8 Å². The number of terminal acetylenes is 1. The number of benzene rings is 2.